The summed E-state index contributed by atoms with van der Waals surface area (Å²) in [5.74, 6) is 0.0734. The molecule has 2 amide bonds. The van der Waals surface area contributed by atoms with E-state index in [0.29, 0.717) is 25.4 Å². The Labute approximate surface area is 186 Å². The summed E-state index contributed by atoms with van der Waals surface area (Å²) < 4.78 is 6.87. The van der Waals surface area contributed by atoms with Crippen molar-refractivity contribution in [2.24, 2.45) is 5.92 Å². The van der Waals surface area contributed by atoms with E-state index in [1.807, 2.05) is 48.5 Å². The number of nitrogens with one attached hydrogen (secondary N) is 1. The molecule has 1 saturated heterocycles. The van der Waals surface area contributed by atoms with Crippen LogP contribution in [0.3, 0.4) is 0 Å². The highest BCUT2D eigenvalue weighted by Crippen LogP contribution is 2.28. The maximum Gasteiger partial charge on any atom is 0.250 e. The summed E-state index contributed by atoms with van der Waals surface area (Å²) in [4.78, 5) is 38.6. The van der Waals surface area contributed by atoms with Gasteiger partial charge >= 0.3 is 0 Å². The molecule has 4 rings (SSSR count). The highest BCUT2D eigenvalue weighted by Gasteiger charge is 2.35. The van der Waals surface area contributed by atoms with Gasteiger partial charge in [0.1, 0.15) is 5.75 Å². The third-order valence-electron chi connectivity index (χ3n) is 5.60. The molecule has 1 unspecified atom stereocenters. The average molecular weight is 431 g/mol. The number of nitrogens with zero attached hydrogens (tertiary/aromatic N) is 2. The van der Waals surface area contributed by atoms with Gasteiger partial charge < -0.3 is 19.5 Å². The fourth-order valence-corrected chi connectivity index (χ4v) is 3.80. The number of hydrogen-bond acceptors (Lipinski definition) is 4. The van der Waals surface area contributed by atoms with E-state index in [2.05, 4.69) is 5.32 Å². The maximum absolute atomic E-state index is 12.7. The minimum absolute atomic E-state index is 0.0436. The van der Waals surface area contributed by atoms with E-state index in [4.69, 9.17) is 4.74 Å². The van der Waals surface area contributed by atoms with E-state index in [-0.39, 0.29) is 23.8 Å². The van der Waals surface area contributed by atoms with Crippen molar-refractivity contribution in [3.8, 4) is 5.75 Å². The molecule has 0 radical (unpaired) electrons. The highest BCUT2D eigenvalue weighted by molar-refractivity contribution is 6.00. The molecule has 0 saturated carbocycles. The molecular weight excluding hydrogens is 406 g/mol. The molecule has 1 N–H and O–H groups in total. The number of carbonyl (C=O) groups is 2. The predicted octanol–water partition coefficient (Wildman–Crippen LogP) is 2.57. The Morgan fingerprint density at radius 1 is 1.03 bits per heavy atom. The summed E-state index contributed by atoms with van der Waals surface area (Å²) in [5.41, 5.74) is 2.65. The molecule has 1 aliphatic rings. The Hall–Kier alpha value is -3.87. The Morgan fingerprint density at radius 3 is 2.56 bits per heavy atom. The number of anilines is 1. The van der Waals surface area contributed by atoms with Crippen molar-refractivity contribution < 1.29 is 14.3 Å². The maximum atomic E-state index is 12.7. The summed E-state index contributed by atoms with van der Waals surface area (Å²) >= 11 is 0. The first kappa shape index (κ1) is 21.4. The quantitative estimate of drug-likeness (QED) is 0.624. The van der Waals surface area contributed by atoms with Crippen LogP contribution < -0.4 is 20.5 Å². The van der Waals surface area contributed by atoms with Crippen LogP contribution in [0.1, 0.15) is 17.5 Å². The minimum Gasteiger partial charge on any atom is -0.497 e. The van der Waals surface area contributed by atoms with Crippen molar-refractivity contribution in [1.29, 1.82) is 0 Å². The largest absolute Gasteiger partial charge is 0.497 e. The number of pyridine rings is 1. The molecular formula is C25H25N3O4. The van der Waals surface area contributed by atoms with Crippen LogP contribution in [0.15, 0.2) is 77.7 Å². The lowest BCUT2D eigenvalue weighted by atomic mass is 10.1. The third-order valence-corrected chi connectivity index (χ3v) is 5.60. The molecule has 0 bridgehead atoms. The molecule has 1 aliphatic heterocycles. The van der Waals surface area contributed by atoms with Gasteiger partial charge in [0, 0.05) is 43.5 Å². The van der Waals surface area contributed by atoms with Crippen LogP contribution >= 0.6 is 0 Å². The van der Waals surface area contributed by atoms with Gasteiger partial charge in [-0.25, -0.2) is 0 Å². The first-order valence-electron chi connectivity index (χ1n) is 10.5. The van der Waals surface area contributed by atoms with Gasteiger partial charge in [0.05, 0.1) is 19.6 Å². The lowest BCUT2D eigenvalue weighted by molar-refractivity contribution is -0.126. The number of carbonyl (C=O) groups excluding carboxylic acids is 2. The molecule has 0 spiro atoms. The fourth-order valence-electron chi connectivity index (χ4n) is 3.80. The van der Waals surface area contributed by atoms with Gasteiger partial charge in [-0.2, -0.15) is 0 Å². The first-order chi connectivity index (χ1) is 15.5. The van der Waals surface area contributed by atoms with Gasteiger partial charge in [-0.05, 0) is 29.3 Å². The van der Waals surface area contributed by atoms with Crippen molar-refractivity contribution in [3.05, 3.63) is 94.4 Å². The third kappa shape index (κ3) is 4.88. The molecule has 7 nitrogen and oxygen atoms in total. The zero-order valence-corrected chi connectivity index (χ0v) is 17.9. The second-order valence-corrected chi connectivity index (χ2v) is 7.81. The molecule has 1 fully saturated rings. The first-order valence-corrected chi connectivity index (χ1v) is 10.5. The van der Waals surface area contributed by atoms with E-state index < -0.39 is 5.92 Å². The topological polar surface area (TPSA) is 80.6 Å². The van der Waals surface area contributed by atoms with Gasteiger partial charge in [-0.1, -0.05) is 36.4 Å². The summed E-state index contributed by atoms with van der Waals surface area (Å²) in [6.07, 6.45) is 1.95. The predicted molar refractivity (Wildman–Crippen MR) is 122 cm³/mol. The van der Waals surface area contributed by atoms with E-state index in [0.717, 1.165) is 16.8 Å². The van der Waals surface area contributed by atoms with Crippen molar-refractivity contribution in [1.82, 2.24) is 9.88 Å². The SMILES string of the molecule is COc1cccc(N2CC(C(=O)NCc3ccc(Cn4ccccc4=O)cc3)CC2=O)c1. The van der Waals surface area contributed by atoms with Gasteiger partial charge in [0.2, 0.25) is 11.8 Å². The van der Waals surface area contributed by atoms with Crippen LogP contribution in [0.4, 0.5) is 5.69 Å². The average Bonchev–Trinajstić information content (AvgIpc) is 3.21. The smallest absolute Gasteiger partial charge is 0.250 e. The minimum atomic E-state index is -0.391. The fraction of sp³-hybridized carbons (Fsp3) is 0.240. The van der Waals surface area contributed by atoms with Gasteiger partial charge in [-0.15, -0.1) is 0 Å². The van der Waals surface area contributed by atoms with E-state index in [1.165, 1.54) is 6.07 Å². The van der Waals surface area contributed by atoms with E-state index >= 15 is 0 Å². The monoisotopic (exact) mass is 431 g/mol. The summed E-state index contributed by atoms with van der Waals surface area (Å²) in [6, 6.07) is 20.1. The van der Waals surface area contributed by atoms with Crippen LogP contribution in [-0.4, -0.2) is 30.0 Å². The van der Waals surface area contributed by atoms with Crippen molar-refractivity contribution in [3.63, 3.8) is 0 Å². The molecule has 7 heteroatoms. The van der Waals surface area contributed by atoms with E-state index in [9.17, 15) is 14.4 Å². The molecule has 3 aromatic rings. The Balaban J connectivity index is 1.32. The molecule has 1 atom stereocenters. The zero-order valence-electron chi connectivity index (χ0n) is 17.9. The lowest BCUT2D eigenvalue weighted by Gasteiger charge is -2.17. The standard InChI is InChI=1S/C25H25N3O4/c1-32-22-6-4-5-21(14-22)28-17-20(13-24(28)30)25(31)26-15-18-8-10-19(11-9-18)16-27-12-3-2-7-23(27)29/h2-12,14,20H,13,15-17H2,1H3,(H,26,31). The van der Waals surface area contributed by atoms with Crippen LogP contribution in [0, 0.1) is 5.92 Å². The zero-order chi connectivity index (χ0) is 22.5. The molecule has 0 aliphatic carbocycles. The number of hydrogen-bond donors (Lipinski definition) is 1. The van der Waals surface area contributed by atoms with Crippen molar-refractivity contribution in [2.45, 2.75) is 19.5 Å². The van der Waals surface area contributed by atoms with Crippen molar-refractivity contribution >= 4 is 17.5 Å². The van der Waals surface area contributed by atoms with Crippen LogP contribution in [0.5, 0.6) is 5.75 Å². The van der Waals surface area contributed by atoms with Crippen molar-refractivity contribution in [2.75, 3.05) is 18.6 Å². The Morgan fingerprint density at radius 2 is 1.81 bits per heavy atom. The molecule has 164 valence electrons. The highest BCUT2D eigenvalue weighted by atomic mass is 16.5. The normalized spacial score (nSPS) is 15.6. The number of rotatable bonds is 7. The van der Waals surface area contributed by atoms with Crippen LogP contribution in [0.2, 0.25) is 0 Å². The van der Waals surface area contributed by atoms with Gasteiger partial charge in [-0.3, -0.25) is 14.4 Å². The second-order valence-electron chi connectivity index (χ2n) is 7.81. The number of amides is 2. The van der Waals surface area contributed by atoms with Gasteiger partial charge in [0.15, 0.2) is 0 Å². The molecule has 1 aromatic heterocycles. The number of aromatic nitrogens is 1. The van der Waals surface area contributed by atoms with Crippen LogP contribution in [0.25, 0.3) is 0 Å². The summed E-state index contributed by atoms with van der Waals surface area (Å²) in [5, 5.41) is 2.94. The second kappa shape index (κ2) is 9.51. The Bertz CT molecular complexity index is 1170. The molecule has 32 heavy (non-hydrogen) atoms. The van der Waals surface area contributed by atoms with E-state index in [1.54, 1.807) is 34.9 Å². The number of methoxy groups -OCH3 is 1. The molecule has 2 heterocycles. The summed E-state index contributed by atoms with van der Waals surface area (Å²) in [7, 11) is 1.58. The Kier molecular flexibility index (Phi) is 6.35. The van der Waals surface area contributed by atoms with Gasteiger partial charge in [0.25, 0.3) is 5.56 Å². The number of ether oxygens (including phenoxy) is 1. The number of benzene rings is 2. The molecule has 2 aromatic carbocycles. The van der Waals surface area contributed by atoms with Crippen LogP contribution in [-0.2, 0) is 22.7 Å². The lowest BCUT2D eigenvalue weighted by Crippen LogP contribution is -2.32. The summed E-state index contributed by atoms with van der Waals surface area (Å²) in [6.45, 7) is 1.23.